The summed E-state index contributed by atoms with van der Waals surface area (Å²) in [5.74, 6) is 1.97. The Hall–Kier alpha value is -2.93. The molecular weight excluding hydrogens is 364 g/mol. The van der Waals surface area contributed by atoms with E-state index in [4.69, 9.17) is 0 Å². The van der Waals surface area contributed by atoms with Crippen LogP contribution in [0.5, 0.6) is 0 Å². The molecule has 150 valence electrons. The van der Waals surface area contributed by atoms with Crippen molar-refractivity contribution in [2.45, 2.75) is 31.2 Å². The van der Waals surface area contributed by atoms with E-state index in [0.29, 0.717) is 35.9 Å². The fraction of sp³-hybridized carbons (Fsp3) is 0.409. The second-order valence-electron chi connectivity index (χ2n) is 8.31. The van der Waals surface area contributed by atoms with E-state index in [0.717, 1.165) is 19.4 Å². The summed E-state index contributed by atoms with van der Waals surface area (Å²) < 4.78 is 0. The number of hydrogen-bond donors (Lipinski definition) is 3. The monoisotopic (exact) mass is 390 g/mol. The molecule has 3 N–H and O–H groups in total. The molecule has 7 heteroatoms. The zero-order valence-corrected chi connectivity index (χ0v) is 16.8. The van der Waals surface area contributed by atoms with Gasteiger partial charge in [0.25, 0.3) is 0 Å². The number of likely N-dealkylation sites (tertiary alicyclic amines) is 1. The van der Waals surface area contributed by atoms with E-state index in [9.17, 15) is 4.79 Å². The summed E-state index contributed by atoms with van der Waals surface area (Å²) >= 11 is 0. The zero-order chi connectivity index (χ0) is 20.0. The normalized spacial score (nSPS) is 23.6. The Kier molecular flexibility index (Phi) is 4.47. The number of carbonyl (C=O) groups is 1. The number of carbonyl (C=O) groups excluding carboxylic acids is 1. The van der Waals surface area contributed by atoms with Gasteiger partial charge in [0.2, 0.25) is 5.91 Å². The van der Waals surface area contributed by atoms with Gasteiger partial charge in [0.1, 0.15) is 5.82 Å². The molecule has 1 fully saturated rings. The molecule has 29 heavy (non-hydrogen) atoms. The van der Waals surface area contributed by atoms with E-state index >= 15 is 0 Å². The Bertz CT molecular complexity index is 1040. The fourth-order valence-corrected chi connectivity index (χ4v) is 5.19. The predicted molar refractivity (Wildman–Crippen MR) is 114 cm³/mol. The summed E-state index contributed by atoms with van der Waals surface area (Å²) in [6.07, 6.45) is 4.78. The summed E-state index contributed by atoms with van der Waals surface area (Å²) in [5.41, 5.74) is 4.08. The third-order valence-corrected chi connectivity index (χ3v) is 6.47. The highest BCUT2D eigenvalue weighted by molar-refractivity contribution is 5.90. The van der Waals surface area contributed by atoms with Gasteiger partial charge in [-0.2, -0.15) is 0 Å². The van der Waals surface area contributed by atoms with Crippen molar-refractivity contribution in [3.05, 3.63) is 47.7 Å². The lowest BCUT2D eigenvalue weighted by Crippen LogP contribution is -2.48. The minimum absolute atomic E-state index is 0.00436. The van der Waals surface area contributed by atoms with E-state index in [1.807, 2.05) is 0 Å². The predicted octanol–water partition coefficient (Wildman–Crippen LogP) is 2.99. The number of benzene rings is 1. The van der Waals surface area contributed by atoms with Gasteiger partial charge < -0.3 is 20.5 Å². The van der Waals surface area contributed by atoms with Crippen LogP contribution < -0.4 is 10.6 Å². The van der Waals surface area contributed by atoms with Crippen LogP contribution in [-0.2, 0) is 11.2 Å². The van der Waals surface area contributed by atoms with Gasteiger partial charge in [-0.3, -0.25) is 4.79 Å². The molecule has 0 bridgehead atoms. The standard InChI is InChI=1S/C22H26N6O/c1-23-19-6-7-20(27-26-19)25-21(29)9-13-8-16-15-4-3-5-17-22(15)14(11-24-17)10-18(16)28(2)12-13/h3-7,11,13,16,18,24H,8-10,12H2,1-2H3,(H,23,26)(H,25,27,29)/t13-,16?,18+/m0/s1. The number of nitrogens with one attached hydrogen (secondary N) is 3. The highest BCUT2D eigenvalue weighted by atomic mass is 16.1. The first-order valence-electron chi connectivity index (χ1n) is 10.2. The van der Waals surface area contributed by atoms with Gasteiger partial charge in [0.15, 0.2) is 5.82 Å². The first-order chi connectivity index (χ1) is 14.1. The van der Waals surface area contributed by atoms with Crippen LogP contribution in [0, 0.1) is 5.92 Å². The fourth-order valence-electron chi connectivity index (χ4n) is 5.19. The molecule has 1 aliphatic heterocycles. The number of rotatable bonds is 4. The van der Waals surface area contributed by atoms with Gasteiger partial charge in [-0.1, -0.05) is 12.1 Å². The van der Waals surface area contributed by atoms with Gasteiger partial charge in [0.05, 0.1) is 0 Å². The average molecular weight is 390 g/mol. The molecule has 7 nitrogen and oxygen atoms in total. The van der Waals surface area contributed by atoms with Crippen LogP contribution in [0.3, 0.4) is 0 Å². The molecule has 0 radical (unpaired) electrons. The summed E-state index contributed by atoms with van der Waals surface area (Å²) in [5, 5.41) is 15.3. The highest BCUT2D eigenvalue weighted by Gasteiger charge is 2.39. The van der Waals surface area contributed by atoms with Gasteiger partial charge in [0, 0.05) is 49.1 Å². The van der Waals surface area contributed by atoms with Crippen molar-refractivity contribution in [3.8, 4) is 0 Å². The summed E-state index contributed by atoms with van der Waals surface area (Å²) in [7, 11) is 3.98. The maximum absolute atomic E-state index is 12.6. The molecule has 1 aromatic carbocycles. The van der Waals surface area contributed by atoms with Crippen molar-refractivity contribution in [1.82, 2.24) is 20.1 Å². The first kappa shape index (κ1) is 18.1. The lowest BCUT2D eigenvalue weighted by molar-refractivity contribution is -0.117. The lowest BCUT2D eigenvalue weighted by atomic mass is 9.72. The van der Waals surface area contributed by atoms with Crippen LogP contribution >= 0.6 is 0 Å². The summed E-state index contributed by atoms with van der Waals surface area (Å²) in [6.45, 7) is 0.939. The Morgan fingerprint density at radius 2 is 2.07 bits per heavy atom. The van der Waals surface area contributed by atoms with Crippen LogP contribution in [0.2, 0.25) is 0 Å². The first-order valence-corrected chi connectivity index (χ1v) is 10.2. The Balaban J connectivity index is 1.31. The Morgan fingerprint density at radius 3 is 2.86 bits per heavy atom. The maximum Gasteiger partial charge on any atom is 0.225 e. The quantitative estimate of drug-likeness (QED) is 0.638. The van der Waals surface area contributed by atoms with E-state index < -0.39 is 0 Å². The van der Waals surface area contributed by atoms with E-state index in [1.165, 1.54) is 22.0 Å². The molecule has 5 rings (SSSR count). The highest BCUT2D eigenvalue weighted by Crippen LogP contribution is 2.44. The summed E-state index contributed by atoms with van der Waals surface area (Å²) in [6, 6.07) is 10.6. The Morgan fingerprint density at radius 1 is 1.24 bits per heavy atom. The number of aromatic amines is 1. The van der Waals surface area contributed by atoms with Gasteiger partial charge in [-0.05, 0) is 55.1 Å². The van der Waals surface area contributed by atoms with Crippen molar-refractivity contribution in [1.29, 1.82) is 0 Å². The molecule has 3 heterocycles. The van der Waals surface area contributed by atoms with Crippen molar-refractivity contribution in [2.24, 2.45) is 5.92 Å². The number of amides is 1. The zero-order valence-electron chi connectivity index (χ0n) is 16.8. The maximum atomic E-state index is 12.6. The molecule has 3 atom stereocenters. The number of piperidine rings is 1. The topological polar surface area (TPSA) is 85.9 Å². The van der Waals surface area contributed by atoms with Crippen LogP contribution in [0.1, 0.15) is 29.9 Å². The molecule has 0 spiro atoms. The number of H-pyrrole nitrogens is 1. The second-order valence-corrected chi connectivity index (χ2v) is 8.31. The molecule has 2 aliphatic rings. The number of aromatic nitrogens is 3. The van der Waals surface area contributed by atoms with Crippen molar-refractivity contribution < 1.29 is 4.79 Å². The van der Waals surface area contributed by atoms with E-state index in [-0.39, 0.29) is 5.91 Å². The molecular formula is C22H26N6O. The number of likely N-dealkylation sites (N-methyl/N-ethyl adjacent to an activating group) is 1. The van der Waals surface area contributed by atoms with Crippen LogP contribution in [0.4, 0.5) is 11.6 Å². The van der Waals surface area contributed by atoms with Gasteiger partial charge in [-0.25, -0.2) is 0 Å². The minimum Gasteiger partial charge on any atom is -0.372 e. The minimum atomic E-state index is 0.00436. The van der Waals surface area contributed by atoms with Crippen molar-refractivity contribution in [2.75, 3.05) is 31.3 Å². The third kappa shape index (κ3) is 3.25. The molecule has 1 saturated heterocycles. The van der Waals surface area contributed by atoms with Gasteiger partial charge >= 0.3 is 0 Å². The Labute approximate surface area is 169 Å². The van der Waals surface area contributed by atoms with Crippen molar-refractivity contribution >= 4 is 28.4 Å². The SMILES string of the molecule is CNc1ccc(NC(=O)C[C@@H]2CC3c4cccc5[nH]cc(c45)C[C@H]3N(C)C2)nn1. The van der Waals surface area contributed by atoms with E-state index in [1.54, 1.807) is 19.2 Å². The van der Waals surface area contributed by atoms with Crippen LogP contribution in [-0.4, -0.2) is 52.7 Å². The largest absolute Gasteiger partial charge is 0.372 e. The molecule has 2 aromatic heterocycles. The molecule has 0 saturated carbocycles. The molecule has 1 unspecified atom stereocenters. The number of fused-ring (bicyclic) bond motifs is 2. The smallest absolute Gasteiger partial charge is 0.225 e. The number of hydrogen-bond acceptors (Lipinski definition) is 5. The van der Waals surface area contributed by atoms with Crippen LogP contribution in [0.25, 0.3) is 10.9 Å². The number of anilines is 2. The van der Waals surface area contributed by atoms with Crippen molar-refractivity contribution in [3.63, 3.8) is 0 Å². The number of nitrogens with zero attached hydrogens (tertiary/aromatic N) is 3. The van der Waals surface area contributed by atoms with E-state index in [2.05, 4.69) is 62.2 Å². The molecule has 3 aromatic rings. The third-order valence-electron chi connectivity index (χ3n) is 6.47. The molecule has 1 aliphatic carbocycles. The lowest BCUT2D eigenvalue weighted by Gasteiger charge is -2.45. The second kappa shape index (κ2) is 7.15. The van der Waals surface area contributed by atoms with Crippen LogP contribution in [0.15, 0.2) is 36.5 Å². The molecule has 1 amide bonds. The summed E-state index contributed by atoms with van der Waals surface area (Å²) in [4.78, 5) is 18.5. The average Bonchev–Trinajstić information content (AvgIpc) is 3.14. The van der Waals surface area contributed by atoms with Gasteiger partial charge in [-0.15, -0.1) is 10.2 Å².